The molecule has 0 amide bonds. The van der Waals surface area contributed by atoms with E-state index in [2.05, 4.69) is 0 Å². The molecule has 0 fully saturated rings. The second-order valence-electron chi connectivity index (χ2n) is 3.48. The quantitative estimate of drug-likeness (QED) is 0.503. The van der Waals surface area contributed by atoms with Crippen LogP contribution in [0.4, 0.5) is 0 Å². The van der Waals surface area contributed by atoms with Crippen molar-refractivity contribution in [3.8, 4) is 0 Å². The Hall–Kier alpha value is -0.260. The van der Waals surface area contributed by atoms with Gasteiger partial charge in [0.1, 0.15) is 12.6 Å². The van der Waals surface area contributed by atoms with Crippen LogP contribution in [0.5, 0.6) is 0 Å². The van der Waals surface area contributed by atoms with Crippen LogP contribution in [0.25, 0.3) is 0 Å². The first kappa shape index (κ1) is 14.7. The molecule has 0 aliphatic heterocycles. The zero-order chi connectivity index (χ0) is 11.7. The lowest BCUT2D eigenvalue weighted by atomic mass is 10.2. The molecule has 0 saturated heterocycles. The standard InChI is InChI=1S/C10H21NO3S/c1-8(2)13-5-6-14-10(12)9(11)4-7-15-3/h8-9H,4-7,11H2,1-3H3/t9-/m1/s1. The van der Waals surface area contributed by atoms with Crippen molar-refractivity contribution >= 4 is 17.7 Å². The van der Waals surface area contributed by atoms with Crippen LogP contribution in [-0.4, -0.2) is 43.3 Å². The zero-order valence-electron chi connectivity index (χ0n) is 9.69. The third kappa shape index (κ3) is 8.72. The molecule has 1 atom stereocenters. The molecule has 5 heteroatoms. The Labute approximate surface area is 95.9 Å². The third-order valence-corrected chi connectivity index (χ3v) is 2.36. The minimum absolute atomic E-state index is 0.161. The molecule has 0 aromatic rings. The van der Waals surface area contributed by atoms with Gasteiger partial charge in [-0.15, -0.1) is 0 Å². The number of rotatable bonds is 8. The molecular weight excluding hydrogens is 214 g/mol. The van der Waals surface area contributed by atoms with E-state index in [-0.39, 0.29) is 18.7 Å². The van der Waals surface area contributed by atoms with E-state index in [4.69, 9.17) is 15.2 Å². The molecule has 2 N–H and O–H groups in total. The minimum Gasteiger partial charge on any atom is -0.462 e. The summed E-state index contributed by atoms with van der Waals surface area (Å²) < 4.78 is 10.2. The van der Waals surface area contributed by atoms with Crippen LogP contribution < -0.4 is 5.73 Å². The van der Waals surface area contributed by atoms with Crippen LogP contribution in [0.3, 0.4) is 0 Å². The number of carbonyl (C=O) groups excluding carboxylic acids is 1. The Kier molecular flexibility index (Phi) is 8.85. The van der Waals surface area contributed by atoms with Crippen LogP contribution in [0.1, 0.15) is 20.3 Å². The molecule has 0 unspecified atom stereocenters. The first-order valence-electron chi connectivity index (χ1n) is 5.10. The monoisotopic (exact) mass is 235 g/mol. The Morgan fingerprint density at radius 2 is 2.07 bits per heavy atom. The highest BCUT2D eigenvalue weighted by atomic mass is 32.2. The van der Waals surface area contributed by atoms with Gasteiger partial charge in [0.15, 0.2) is 0 Å². The topological polar surface area (TPSA) is 61.6 Å². The first-order chi connectivity index (χ1) is 7.07. The Morgan fingerprint density at radius 1 is 1.40 bits per heavy atom. The second kappa shape index (κ2) is 9.00. The highest BCUT2D eigenvalue weighted by molar-refractivity contribution is 7.98. The molecule has 15 heavy (non-hydrogen) atoms. The van der Waals surface area contributed by atoms with E-state index in [1.54, 1.807) is 11.8 Å². The van der Waals surface area contributed by atoms with Crippen molar-refractivity contribution in [1.82, 2.24) is 0 Å². The smallest absolute Gasteiger partial charge is 0.323 e. The molecule has 0 rings (SSSR count). The summed E-state index contributed by atoms with van der Waals surface area (Å²) in [5.41, 5.74) is 5.62. The summed E-state index contributed by atoms with van der Waals surface area (Å²) in [6.45, 7) is 4.58. The molecule has 0 bridgehead atoms. The van der Waals surface area contributed by atoms with Gasteiger partial charge in [0.2, 0.25) is 0 Å². The predicted molar refractivity (Wildman–Crippen MR) is 63.0 cm³/mol. The molecule has 90 valence electrons. The number of nitrogens with two attached hydrogens (primary N) is 1. The van der Waals surface area contributed by atoms with Gasteiger partial charge in [0, 0.05) is 0 Å². The number of hydrogen-bond donors (Lipinski definition) is 1. The summed E-state index contributed by atoms with van der Waals surface area (Å²) in [6.07, 6.45) is 2.80. The van der Waals surface area contributed by atoms with E-state index in [1.165, 1.54) is 0 Å². The lowest BCUT2D eigenvalue weighted by Gasteiger charge is -2.11. The first-order valence-corrected chi connectivity index (χ1v) is 6.50. The maximum absolute atomic E-state index is 11.3. The molecule has 0 radical (unpaired) electrons. The molecule has 0 saturated carbocycles. The average molecular weight is 235 g/mol. The lowest BCUT2D eigenvalue weighted by Crippen LogP contribution is -2.33. The SMILES string of the molecule is CSCC[C@@H](N)C(=O)OCCOC(C)C. The van der Waals surface area contributed by atoms with Gasteiger partial charge in [-0.2, -0.15) is 11.8 Å². The van der Waals surface area contributed by atoms with E-state index in [0.29, 0.717) is 13.0 Å². The average Bonchev–Trinajstić information content (AvgIpc) is 2.20. The van der Waals surface area contributed by atoms with Gasteiger partial charge < -0.3 is 15.2 Å². The predicted octanol–water partition coefficient (Wildman–Crippen LogP) is 1.03. The normalized spacial score (nSPS) is 12.9. The summed E-state index contributed by atoms with van der Waals surface area (Å²) in [6, 6.07) is -0.503. The van der Waals surface area contributed by atoms with Gasteiger partial charge in [-0.25, -0.2) is 0 Å². The summed E-state index contributed by atoms with van der Waals surface area (Å²) in [4.78, 5) is 11.3. The fraction of sp³-hybridized carbons (Fsp3) is 0.900. The molecule has 0 heterocycles. The molecule has 4 nitrogen and oxygen atoms in total. The molecule has 0 aliphatic carbocycles. The molecule has 0 aliphatic rings. The van der Waals surface area contributed by atoms with E-state index in [9.17, 15) is 4.79 Å². The van der Waals surface area contributed by atoms with Crippen molar-refractivity contribution in [1.29, 1.82) is 0 Å². The van der Waals surface area contributed by atoms with Gasteiger partial charge in [0.25, 0.3) is 0 Å². The number of hydrogen-bond acceptors (Lipinski definition) is 5. The lowest BCUT2D eigenvalue weighted by molar-refractivity contribution is -0.147. The van der Waals surface area contributed by atoms with Crippen molar-refractivity contribution in [3.05, 3.63) is 0 Å². The van der Waals surface area contributed by atoms with Gasteiger partial charge in [0.05, 0.1) is 12.7 Å². The second-order valence-corrected chi connectivity index (χ2v) is 4.46. The van der Waals surface area contributed by atoms with E-state index < -0.39 is 6.04 Å². The van der Waals surface area contributed by atoms with Crippen LogP contribution in [-0.2, 0) is 14.3 Å². The van der Waals surface area contributed by atoms with Gasteiger partial charge in [-0.05, 0) is 32.3 Å². The number of ether oxygens (including phenoxy) is 2. The maximum Gasteiger partial charge on any atom is 0.323 e. The van der Waals surface area contributed by atoms with Crippen molar-refractivity contribution in [3.63, 3.8) is 0 Å². The summed E-state index contributed by atoms with van der Waals surface area (Å²) in [7, 11) is 0. The minimum atomic E-state index is -0.503. The Balaban J connectivity index is 3.47. The van der Waals surface area contributed by atoms with E-state index in [0.717, 1.165) is 5.75 Å². The largest absolute Gasteiger partial charge is 0.462 e. The summed E-state index contributed by atoms with van der Waals surface area (Å²) in [5.74, 6) is 0.537. The molecule has 0 aromatic carbocycles. The zero-order valence-corrected chi connectivity index (χ0v) is 10.5. The van der Waals surface area contributed by atoms with Gasteiger partial charge >= 0.3 is 5.97 Å². The van der Waals surface area contributed by atoms with Gasteiger partial charge in [-0.3, -0.25) is 4.79 Å². The van der Waals surface area contributed by atoms with Crippen molar-refractivity contribution in [2.24, 2.45) is 5.73 Å². The van der Waals surface area contributed by atoms with E-state index in [1.807, 2.05) is 20.1 Å². The van der Waals surface area contributed by atoms with Crippen LogP contribution in [0, 0.1) is 0 Å². The molecule has 0 aromatic heterocycles. The Bertz CT molecular complexity index is 176. The highest BCUT2D eigenvalue weighted by Crippen LogP contribution is 2.00. The highest BCUT2D eigenvalue weighted by Gasteiger charge is 2.13. The van der Waals surface area contributed by atoms with Crippen molar-refractivity contribution < 1.29 is 14.3 Å². The molecule has 0 spiro atoms. The number of carbonyl (C=O) groups is 1. The third-order valence-electron chi connectivity index (χ3n) is 1.71. The number of esters is 1. The summed E-state index contributed by atoms with van der Waals surface area (Å²) in [5, 5.41) is 0. The fourth-order valence-electron chi connectivity index (χ4n) is 0.896. The van der Waals surface area contributed by atoms with Gasteiger partial charge in [-0.1, -0.05) is 0 Å². The van der Waals surface area contributed by atoms with Crippen molar-refractivity contribution in [2.75, 3.05) is 25.2 Å². The summed E-state index contributed by atoms with van der Waals surface area (Å²) >= 11 is 1.67. The Morgan fingerprint density at radius 3 is 2.60 bits per heavy atom. The molecular formula is C10H21NO3S. The van der Waals surface area contributed by atoms with E-state index >= 15 is 0 Å². The van der Waals surface area contributed by atoms with Crippen LogP contribution in [0.2, 0.25) is 0 Å². The van der Waals surface area contributed by atoms with Crippen LogP contribution in [0.15, 0.2) is 0 Å². The fourth-order valence-corrected chi connectivity index (χ4v) is 1.39. The van der Waals surface area contributed by atoms with Crippen LogP contribution >= 0.6 is 11.8 Å². The maximum atomic E-state index is 11.3. The van der Waals surface area contributed by atoms with Crippen molar-refractivity contribution in [2.45, 2.75) is 32.4 Å². The number of thioether (sulfide) groups is 1.